The minimum Gasteiger partial charge on any atom is -0.508 e. The van der Waals surface area contributed by atoms with Crippen molar-refractivity contribution in [3.05, 3.63) is 180 Å². The largest absolute Gasteiger partial charge is 0.508 e. The lowest BCUT2D eigenvalue weighted by Crippen LogP contribution is -2.35. The highest BCUT2D eigenvalue weighted by atomic mass is 16.5. The zero-order valence-corrected chi connectivity index (χ0v) is 40.8. The van der Waals surface area contributed by atoms with E-state index in [9.17, 15) is 24.6 Å². The number of ether oxygens (including phenoxy) is 3. The van der Waals surface area contributed by atoms with Crippen molar-refractivity contribution < 1.29 is 38.8 Å². The van der Waals surface area contributed by atoms with Crippen LogP contribution < -0.4 is 19.7 Å². The topological polar surface area (TPSA) is 155 Å². The number of Topliss-reactive ketones (excluding diaryl/α,β-unsaturated/α-hetero) is 2. The second-order valence-corrected chi connectivity index (χ2v) is 19.2. The Bertz CT molecular complexity index is 3070. The zero-order chi connectivity index (χ0) is 49.6. The third-order valence-corrected chi connectivity index (χ3v) is 14.4. The SMILES string of the molecule is COc1cc([C@@H]2CC(=O)C[C@H](OC(C)=O)CC[C@@]3(C=CC=C[C@@H]3C)Cc3c[nH]cc3C[C@@H](c3cccc(O)c3)C3=CCNC(=C3)N(CCC(C)=O)c3cccc4cn2cc34)ccc1Oc1cccc(O)c1. The molecule has 2 aromatic heterocycles. The number of phenols is 2. The normalized spacial score (nSPS) is 21.7. The number of methoxy groups -OCH3 is 1. The number of ketones is 2. The number of aromatic nitrogens is 2. The number of carbonyl (C=O) groups is 3. The molecule has 6 aromatic rings. The molecular weight excluding hydrogens is 893 g/mol. The summed E-state index contributed by atoms with van der Waals surface area (Å²) in [6, 6.07) is 25.2. The number of carbonyl (C=O) groups excluding carboxylic acids is 3. The number of rotatable bonds is 9. The van der Waals surface area contributed by atoms with E-state index in [1.54, 1.807) is 44.4 Å². The van der Waals surface area contributed by atoms with E-state index in [-0.39, 0.29) is 53.2 Å². The average Bonchev–Trinajstić information content (AvgIpc) is 3.99. The number of aromatic hydroxyl groups is 2. The third-order valence-electron chi connectivity index (χ3n) is 14.4. The molecule has 12 heteroatoms. The highest BCUT2D eigenvalue weighted by Crippen LogP contribution is 2.45. The molecular formula is C59H62N4O8. The molecule has 366 valence electrons. The molecule has 0 fully saturated rings. The van der Waals surface area contributed by atoms with Crippen LogP contribution in [0.15, 0.2) is 158 Å². The second-order valence-electron chi connectivity index (χ2n) is 19.2. The van der Waals surface area contributed by atoms with Crippen LogP contribution in [0.2, 0.25) is 0 Å². The lowest BCUT2D eigenvalue weighted by atomic mass is 9.66. The number of H-pyrrole nitrogens is 1. The van der Waals surface area contributed by atoms with Gasteiger partial charge in [0.2, 0.25) is 0 Å². The highest BCUT2D eigenvalue weighted by Gasteiger charge is 2.37. The molecule has 2 aliphatic heterocycles. The Hall–Kier alpha value is -7.73. The van der Waals surface area contributed by atoms with Gasteiger partial charge in [0.05, 0.1) is 18.8 Å². The Morgan fingerprint density at radius 2 is 1.66 bits per heavy atom. The van der Waals surface area contributed by atoms with Crippen molar-refractivity contribution in [2.24, 2.45) is 11.3 Å². The number of esters is 1. The molecule has 1 spiro atoms. The van der Waals surface area contributed by atoms with E-state index >= 15 is 0 Å². The van der Waals surface area contributed by atoms with Crippen LogP contribution in [0.25, 0.3) is 10.8 Å². The standard InChI is InChI=1S/C59H62N4O8/c1-38-10-5-6-22-59(38)23-19-51(70-40(3)65)31-49(68)32-55(43-17-18-56(57(28-43)69-4)71-50-15-9-14-48(67)30-50)62-36-44-12-8-16-54(53(44)37-62)63(25-21-39(2)64)58-29-42(20-24-61-58)52(41-11-7-13-47(66)26-41)27-45-34-60-35-46(45)33-59/h5-18,20,22,26,28-30,34-38,51-52,55,60-61,66-67H,19,21,23-25,27,31-33H2,1-4H3/t38-,51+,52-,55-,59-/m0/s1. The Morgan fingerprint density at radius 3 is 2.44 bits per heavy atom. The third kappa shape index (κ3) is 11.0. The van der Waals surface area contributed by atoms with Gasteiger partial charge in [-0.25, -0.2) is 0 Å². The summed E-state index contributed by atoms with van der Waals surface area (Å²) in [4.78, 5) is 46.0. The first-order valence-corrected chi connectivity index (χ1v) is 24.5. The number of fused-ring (bicyclic) bond motifs is 3. The van der Waals surface area contributed by atoms with Crippen LogP contribution in [0.1, 0.15) is 87.1 Å². The van der Waals surface area contributed by atoms with Gasteiger partial charge in [0.15, 0.2) is 11.5 Å². The van der Waals surface area contributed by atoms with Gasteiger partial charge in [0.25, 0.3) is 0 Å². The van der Waals surface area contributed by atoms with Crippen LogP contribution in [0.3, 0.4) is 0 Å². The number of nitrogens with zero attached hydrogens (tertiary/aromatic N) is 2. The average molecular weight is 955 g/mol. The van der Waals surface area contributed by atoms with Crippen molar-refractivity contribution in [3.63, 3.8) is 0 Å². The van der Waals surface area contributed by atoms with Crippen molar-refractivity contribution >= 4 is 34.0 Å². The van der Waals surface area contributed by atoms with E-state index in [1.807, 2.05) is 42.6 Å². The molecule has 12 nitrogen and oxygen atoms in total. The lowest BCUT2D eigenvalue weighted by molar-refractivity contribution is -0.148. The summed E-state index contributed by atoms with van der Waals surface area (Å²) in [6.07, 6.45) is 23.6. The number of allylic oxidation sites excluding steroid dienone is 6. The van der Waals surface area contributed by atoms with E-state index < -0.39 is 18.1 Å². The molecule has 71 heavy (non-hydrogen) atoms. The number of dihydropyridines is 1. The van der Waals surface area contributed by atoms with E-state index in [4.69, 9.17) is 14.2 Å². The maximum absolute atomic E-state index is 14.8. The molecule has 0 amide bonds. The quantitative estimate of drug-likeness (QED) is 0.103. The summed E-state index contributed by atoms with van der Waals surface area (Å²) in [6.45, 7) is 6.18. The molecule has 4 N–H and O–H groups in total. The summed E-state index contributed by atoms with van der Waals surface area (Å²) in [5, 5.41) is 26.5. The first-order valence-electron chi connectivity index (χ1n) is 24.5. The van der Waals surface area contributed by atoms with E-state index in [2.05, 4.69) is 93.9 Å². The number of phenolic OH excluding ortho intramolecular Hbond substituents is 2. The predicted molar refractivity (Wildman–Crippen MR) is 276 cm³/mol. The van der Waals surface area contributed by atoms with E-state index in [0.29, 0.717) is 62.4 Å². The number of hydrogen-bond donors (Lipinski definition) is 4. The molecule has 4 heterocycles. The molecule has 4 bridgehead atoms. The van der Waals surface area contributed by atoms with Crippen LogP contribution >= 0.6 is 0 Å². The number of nitrogens with one attached hydrogen (secondary N) is 2. The molecule has 5 atom stereocenters. The van der Waals surface area contributed by atoms with Gasteiger partial charge >= 0.3 is 5.97 Å². The van der Waals surface area contributed by atoms with Gasteiger partial charge in [-0.1, -0.05) is 73.7 Å². The maximum Gasteiger partial charge on any atom is 0.302 e. The Labute approximate surface area is 415 Å². The fraction of sp³-hybridized carbons (Fsp3) is 0.305. The van der Waals surface area contributed by atoms with Crippen molar-refractivity contribution in [2.45, 2.75) is 83.8 Å². The molecule has 3 aliphatic rings. The van der Waals surface area contributed by atoms with Gasteiger partial charge in [-0.2, -0.15) is 0 Å². The summed E-state index contributed by atoms with van der Waals surface area (Å²) >= 11 is 0. The van der Waals surface area contributed by atoms with Gasteiger partial charge in [0.1, 0.15) is 40.7 Å². The number of hydrogen-bond acceptors (Lipinski definition) is 10. The van der Waals surface area contributed by atoms with Crippen molar-refractivity contribution in [1.29, 1.82) is 0 Å². The van der Waals surface area contributed by atoms with Crippen molar-refractivity contribution in [3.8, 4) is 28.7 Å². The molecule has 9 rings (SSSR count). The number of anilines is 1. The first kappa shape index (κ1) is 48.3. The molecule has 4 aromatic carbocycles. The van der Waals surface area contributed by atoms with Crippen LogP contribution in [0.4, 0.5) is 5.69 Å². The zero-order valence-electron chi connectivity index (χ0n) is 40.8. The number of aromatic amines is 1. The van der Waals surface area contributed by atoms with Gasteiger partial charge in [-0.3, -0.25) is 14.4 Å². The second kappa shape index (κ2) is 21.1. The molecule has 0 saturated heterocycles. The minimum absolute atomic E-state index is 0.0245. The van der Waals surface area contributed by atoms with E-state index in [1.165, 1.54) is 18.6 Å². The first-order chi connectivity index (χ1) is 34.3. The summed E-state index contributed by atoms with van der Waals surface area (Å²) in [5.41, 5.74) is 5.70. The Balaban J connectivity index is 1.20. The van der Waals surface area contributed by atoms with Gasteiger partial charge in [-0.15, -0.1) is 0 Å². The molecule has 0 radical (unpaired) electrons. The fourth-order valence-corrected chi connectivity index (χ4v) is 10.6. The lowest BCUT2D eigenvalue weighted by Gasteiger charge is -2.38. The maximum atomic E-state index is 14.8. The van der Waals surface area contributed by atoms with Crippen LogP contribution in [-0.2, 0) is 32.0 Å². The summed E-state index contributed by atoms with van der Waals surface area (Å²) in [7, 11) is 1.56. The molecule has 0 saturated carbocycles. The van der Waals surface area contributed by atoms with Crippen LogP contribution in [0.5, 0.6) is 28.7 Å². The Morgan fingerprint density at radius 1 is 0.859 bits per heavy atom. The monoisotopic (exact) mass is 954 g/mol. The smallest absolute Gasteiger partial charge is 0.302 e. The highest BCUT2D eigenvalue weighted by molar-refractivity contribution is 5.95. The minimum atomic E-state index is -0.664. The van der Waals surface area contributed by atoms with Crippen molar-refractivity contribution in [1.82, 2.24) is 14.9 Å². The predicted octanol–water partition coefficient (Wildman–Crippen LogP) is 11.3. The molecule has 0 unspecified atom stereocenters. The fourth-order valence-electron chi connectivity index (χ4n) is 10.6. The van der Waals surface area contributed by atoms with Crippen LogP contribution in [-0.4, -0.2) is 63.6 Å². The van der Waals surface area contributed by atoms with Gasteiger partial charge < -0.3 is 44.2 Å². The summed E-state index contributed by atoms with van der Waals surface area (Å²) in [5.74, 6) is 1.96. The van der Waals surface area contributed by atoms with Crippen molar-refractivity contribution in [2.75, 3.05) is 25.1 Å². The molecule has 1 aliphatic carbocycles. The number of benzene rings is 4. The van der Waals surface area contributed by atoms with E-state index in [0.717, 1.165) is 44.5 Å². The van der Waals surface area contributed by atoms with Gasteiger partial charge in [-0.05, 0) is 120 Å². The van der Waals surface area contributed by atoms with Crippen LogP contribution in [0, 0.1) is 11.3 Å². The Kier molecular flexibility index (Phi) is 14.3. The summed E-state index contributed by atoms with van der Waals surface area (Å²) < 4.78 is 20.2. The van der Waals surface area contributed by atoms with Gasteiger partial charge in [0, 0.05) is 86.8 Å².